The third kappa shape index (κ3) is 4.83. The molecule has 1 amide bonds. The number of carbonyl (C=O) groups is 1. The van der Waals surface area contributed by atoms with E-state index in [9.17, 15) is 4.79 Å². The molecular formula is C20H19BrN4O2. The van der Waals surface area contributed by atoms with Crippen molar-refractivity contribution in [1.29, 1.82) is 0 Å². The van der Waals surface area contributed by atoms with Gasteiger partial charge in [0.2, 0.25) is 0 Å². The molecule has 0 unspecified atom stereocenters. The summed E-state index contributed by atoms with van der Waals surface area (Å²) in [4.78, 5) is 12.5. The first kappa shape index (κ1) is 18.8. The van der Waals surface area contributed by atoms with Gasteiger partial charge in [-0.05, 0) is 30.7 Å². The normalized spacial score (nSPS) is 10.9. The van der Waals surface area contributed by atoms with Crippen LogP contribution >= 0.6 is 15.9 Å². The van der Waals surface area contributed by atoms with E-state index in [-0.39, 0.29) is 5.91 Å². The van der Waals surface area contributed by atoms with E-state index in [0.717, 1.165) is 21.3 Å². The fourth-order valence-electron chi connectivity index (χ4n) is 2.40. The van der Waals surface area contributed by atoms with Gasteiger partial charge in [0.05, 0.1) is 18.0 Å². The van der Waals surface area contributed by atoms with Crippen molar-refractivity contribution in [2.45, 2.75) is 13.5 Å². The summed E-state index contributed by atoms with van der Waals surface area (Å²) >= 11 is 3.41. The van der Waals surface area contributed by atoms with Crippen LogP contribution in [0.1, 0.15) is 27.2 Å². The number of amides is 1. The second-order valence-corrected chi connectivity index (χ2v) is 6.84. The second kappa shape index (κ2) is 8.64. The van der Waals surface area contributed by atoms with Crippen molar-refractivity contribution in [2.75, 3.05) is 0 Å². The third-order valence-electron chi connectivity index (χ3n) is 4.07. The van der Waals surface area contributed by atoms with Crippen LogP contribution in [0.25, 0.3) is 0 Å². The average Bonchev–Trinajstić information content (AvgIpc) is 2.99. The number of aryl methyl sites for hydroxylation is 1. The molecule has 3 aromatic rings. The number of halogens is 1. The topological polar surface area (TPSA) is 68.5 Å². The summed E-state index contributed by atoms with van der Waals surface area (Å²) in [6, 6.07) is 15.0. The Morgan fingerprint density at radius 2 is 2.07 bits per heavy atom. The maximum absolute atomic E-state index is 12.5. The number of nitrogens with zero attached hydrogens (tertiary/aromatic N) is 3. The molecule has 0 aliphatic rings. The van der Waals surface area contributed by atoms with Gasteiger partial charge >= 0.3 is 0 Å². The highest BCUT2D eigenvalue weighted by molar-refractivity contribution is 9.10. The van der Waals surface area contributed by atoms with Crippen LogP contribution in [-0.2, 0) is 13.7 Å². The van der Waals surface area contributed by atoms with Crippen LogP contribution in [0.4, 0.5) is 0 Å². The number of hydrogen-bond donors (Lipinski definition) is 1. The van der Waals surface area contributed by atoms with Gasteiger partial charge in [-0.3, -0.25) is 9.48 Å². The minimum Gasteiger partial charge on any atom is -0.488 e. The van der Waals surface area contributed by atoms with E-state index in [0.29, 0.717) is 17.9 Å². The van der Waals surface area contributed by atoms with E-state index in [1.54, 1.807) is 35.3 Å². The zero-order chi connectivity index (χ0) is 19.2. The Hall–Kier alpha value is -2.93. The molecule has 2 aromatic carbocycles. The molecular weight excluding hydrogens is 408 g/mol. The van der Waals surface area contributed by atoms with Gasteiger partial charge in [0.25, 0.3) is 5.91 Å². The second-order valence-electron chi connectivity index (χ2n) is 5.92. The smallest absolute Gasteiger partial charge is 0.275 e. The van der Waals surface area contributed by atoms with E-state index in [1.807, 2.05) is 44.3 Å². The van der Waals surface area contributed by atoms with Crippen LogP contribution in [0.2, 0.25) is 0 Å². The summed E-state index contributed by atoms with van der Waals surface area (Å²) in [5.74, 6) is 0.141. The zero-order valence-corrected chi connectivity index (χ0v) is 16.6. The summed E-state index contributed by atoms with van der Waals surface area (Å²) in [5.41, 5.74) is 5.78. The monoisotopic (exact) mass is 426 g/mol. The Labute approximate surface area is 166 Å². The van der Waals surface area contributed by atoms with Crippen LogP contribution < -0.4 is 10.2 Å². The van der Waals surface area contributed by atoms with E-state index in [4.69, 9.17) is 4.74 Å². The lowest BCUT2D eigenvalue weighted by molar-refractivity contribution is 0.0950. The first-order valence-electron chi connectivity index (χ1n) is 8.33. The number of nitrogens with one attached hydrogen (secondary N) is 1. The molecule has 0 saturated heterocycles. The molecule has 0 radical (unpaired) electrons. The largest absolute Gasteiger partial charge is 0.488 e. The lowest BCUT2D eigenvalue weighted by atomic mass is 10.2. The zero-order valence-electron chi connectivity index (χ0n) is 15.0. The van der Waals surface area contributed by atoms with Gasteiger partial charge in [-0.2, -0.15) is 10.2 Å². The Morgan fingerprint density at radius 3 is 2.78 bits per heavy atom. The van der Waals surface area contributed by atoms with Crippen molar-refractivity contribution in [3.05, 3.63) is 81.6 Å². The predicted molar refractivity (Wildman–Crippen MR) is 108 cm³/mol. The van der Waals surface area contributed by atoms with Gasteiger partial charge in [-0.15, -0.1) is 0 Å². The molecule has 27 heavy (non-hydrogen) atoms. The van der Waals surface area contributed by atoms with Crippen LogP contribution in [0.3, 0.4) is 0 Å². The Bertz CT molecular complexity index is 967. The quantitative estimate of drug-likeness (QED) is 0.480. The SMILES string of the molecule is Cc1c(/C=N/NC(=O)c2ccc(Br)cc2OCc2ccccc2)cnn1C. The number of hydrazone groups is 1. The highest BCUT2D eigenvalue weighted by Crippen LogP contribution is 2.24. The van der Waals surface area contributed by atoms with E-state index >= 15 is 0 Å². The van der Waals surface area contributed by atoms with Gasteiger partial charge in [-0.25, -0.2) is 5.43 Å². The molecule has 0 atom stereocenters. The van der Waals surface area contributed by atoms with Crippen molar-refractivity contribution in [3.8, 4) is 5.75 Å². The standard InChI is InChI=1S/C20H19BrN4O2/c1-14-16(12-23-25(14)2)11-22-24-20(26)18-9-8-17(21)10-19(18)27-13-15-6-4-3-5-7-15/h3-12H,13H2,1-2H3,(H,24,26)/b22-11+. The lowest BCUT2D eigenvalue weighted by Gasteiger charge is -2.11. The van der Waals surface area contributed by atoms with E-state index in [1.165, 1.54) is 0 Å². The van der Waals surface area contributed by atoms with Gasteiger partial charge in [0, 0.05) is 22.8 Å². The van der Waals surface area contributed by atoms with Gasteiger partial charge < -0.3 is 4.74 Å². The molecule has 0 aliphatic heterocycles. The van der Waals surface area contributed by atoms with E-state index in [2.05, 4.69) is 31.6 Å². The van der Waals surface area contributed by atoms with Crippen LogP contribution in [0.15, 0.2) is 64.3 Å². The molecule has 7 heteroatoms. The summed E-state index contributed by atoms with van der Waals surface area (Å²) in [6.45, 7) is 2.30. The maximum Gasteiger partial charge on any atom is 0.275 e. The minimum absolute atomic E-state index is 0.344. The van der Waals surface area contributed by atoms with Crippen LogP contribution in [-0.4, -0.2) is 21.9 Å². The molecule has 3 rings (SSSR count). The molecule has 1 aromatic heterocycles. The van der Waals surface area contributed by atoms with Gasteiger partial charge in [-0.1, -0.05) is 46.3 Å². The lowest BCUT2D eigenvalue weighted by Crippen LogP contribution is -2.18. The molecule has 0 fully saturated rings. The van der Waals surface area contributed by atoms with Crippen molar-refractivity contribution in [2.24, 2.45) is 12.1 Å². The fourth-order valence-corrected chi connectivity index (χ4v) is 2.74. The van der Waals surface area contributed by atoms with Crippen molar-refractivity contribution in [3.63, 3.8) is 0 Å². The molecule has 138 valence electrons. The Morgan fingerprint density at radius 1 is 1.30 bits per heavy atom. The first-order valence-corrected chi connectivity index (χ1v) is 9.12. The molecule has 0 bridgehead atoms. The molecule has 0 aliphatic carbocycles. The number of ether oxygens (including phenoxy) is 1. The predicted octanol–water partition coefficient (Wildman–Crippen LogP) is 3.83. The van der Waals surface area contributed by atoms with Crippen molar-refractivity contribution >= 4 is 28.1 Å². The fraction of sp³-hybridized carbons (Fsp3) is 0.150. The summed E-state index contributed by atoms with van der Waals surface area (Å²) < 4.78 is 8.43. The van der Waals surface area contributed by atoms with Crippen LogP contribution in [0, 0.1) is 6.92 Å². The molecule has 1 heterocycles. The highest BCUT2D eigenvalue weighted by atomic mass is 79.9. The number of hydrogen-bond acceptors (Lipinski definition) is 4. The third-order valence-corrected chi connectivity index (χ3v) is 4.56. The van der Waals surface area contributed by atoms with E-state index < -0.39 is 0 Å². The van der Waals surface area contributed by atoms with Crippen molar-refractivity contribution < 1.29 is 9.53 Å². The van der Waals surface area contributed by atoms with Crippen molar-refractivity contribution in [1.82, 2.24) is 15.2 Å². The van der Waals surface area contributed by atoms with Gasteiger partial charge in [0.15, 0.2) is 0 Å². The number of rotatable bonds is 6. The number of aromatic nitrogens is 2. The maximum atomic E-state index is 12.5. The minimum atomic E-state index is -0.344. The number of carbonyl (C=O) groups excluding carboxylic acids is 1. The summed E-state index contributed by atoms with van der Waals surface area (Å²) in [5, 5.41) is 8.17. The number of benzene rings is 2. The molecule has 1 N–H and O–H groups in total. The van der Waals surface area contributed by atoms with Crippen LogP contribution in [0.5, 0.6) is 5.75 Å². The van der Waals surface area contributed by atoms with Gasteiger partial charge in [0.1, 0.15) is 12.4 Å². The molecule has 6 nitrogen and oxygen atoms in total. The average molecular weight is 427 g/mol. The molecule has 0 saturated carbocycles. The summed E-state index contributed by atoms with van der Waals surface area (Å²) in [6.07, 6.45) is 3.27. The molecule has 0 spiro atoms. The Kier molecular flexibility index (Phi) is 6.03. The summed E-state index contributed by atoms with van der Waals surface area (Å²) in [7, 11) is 1.85. The highest BCUT2D eigenvalue weighted by Gasteiger charge is 2.13. The first-order chi connectivity index (χ1) is 13.0. The Balaban J connectivity index is 1.71.